The summed E-state index contributed by atoms with van der Waals surface area (Å²) in [7, 11) is 0. The standard InChI is InChI=1S/C25H32N2O2/c1-2-3-13-29-17-18-6-8-19(9-7-18)25(28)27-23-15-20-10-11-21(14-22(20)16-23)24-5-4-12-26-24/h6-11,14,23-24,26H,2-5,12-13,15-17H2,1H3,(H,27,28). The molecule has 4 heteroatoms. The summed E-state index contributed by atoms with van der Waals surface area (Å²) < 4.78 is 5.65. The van der Waals surface area contributed by atoms with Crippen molar-refractivity contribution in [2.24, 2.45) is 0 Å². The predicted molar refractivity (Wildman–Crippen MR) is 116 cm³/mol. The molecule has 2 aromatic rings. The largest absolute Gasteiger partial charge is 0.377 e. The van der Waals surface area contributed by atoms with Crippen LogP contribution in [0.25, 0.3) is 0 Å². The van der Waals surface area contributed by atoms with Crippen molar-refractivity contribution in [1.82, 2.24) is 10.6 Å². The van der Waals surface area contributed by atoms with Crippen LogP contribution in [-0.2, 0) is 24.2 Å². The molecule has 2 unspecified atom stereocenters. The lowest BCUT2D eigenvalue weighted by Crippen LogP contribution is -2.35. The second kappa shape index (κ2) is 9.55. The van der Waals surface area contributed by atoms with Crippen LogP contribution in [0.3, 0.4) is 0 Å². The van der Waals surface area contributed by atoms with Crippen molar-refractivity contribution in [3.63, 3.8) is 0 Å². The van der Waals surface area contributed by atoms with Crippen molar-refractivity contribution in [3.05, 3.63) is 70.3 Å². The highest BCUT2D eigenvalue weighted by Gasteiger charge is 2.25. The quantitative estimate of drug-likeness (QED) is 0.658. The third kappa shape index (κ3) is 5.06. The maximum absolute atomic E-state index is 12.7. The van der Waals surface area contributed by atoms with E-state index in [9.17, 15) is 4.79 Å². The third-order valence-electron chi connectivity index (χ3n) is 6.09. The topological polar surface area (TPSA) is 50.4 Å². The maximum Gasteiger partial charge on any atom is 0.251 e. The summed E-state index contributed by atoms with van der Waals surface area (Å²) in [5.74, 6) is 0.0129. The summed E-state index contributed by atoms with van der Waals surface area (Å²) in [5.41, 5.74) is 5.98. The van der Waals surface area contributed by atoms with Gasteiger partial charge in [-0.2, -0.15) is 0 Å². The first-order valence-corrected chi connectivity index (χ1v) is 11.1. The highest BCUT2D eigenvalue weighted by atomic mass is 16.5. The van der Waals surface area contributed by atoms with Gasteiger partial charge >= 0.3 is 0 Å². The van der Waals surface area contributed by atoms with E-state index in [0.29, 0.717) is 18.2 Å². The van der Waals surface area contributed by atoms with Crippen LogP contribution in [-0.4, -0.2) is 25.1 Å². The van der Waals surface area contributed by atoms with Crippen molar-refractivity contribution in [2.45, 2.75) is 64.1 Å². The molecule has 4 rings (SSSR count). The van der Waals surface area contributed by atoms with Gasteiger partial charge in [0, 0.05) is 24.3 Å². The molecule has 29 heavy (non-hydrogen) atoms. The van der Waals surface area contributed by atoms with Gasteiger partial charge in [-0.1, -0.05) is 43.7 Å². The number of rotatable bonds is 8. The second-order valence-electron chi connectivity index (χ2n) is 8.36. The van der Waals surface area contributed by atoms with Gasteiger partial charge in [0.25, 0.3) is 5.91 Å². The minimum Gasteiger partial charge on any atom is -0.377 e. The first-order valence-electron chi connectivity index (χ1n) is 11.1. The lowest BCUT2D eigenvalue weighted by Gasteiger charge is -2.13. The molecule has 1 aliphatic carbocycles. The van der Waals surface area contributed by atoms with Gasteiger partial charge in [-0.3, -0.25) is 4.79 Å². The van der Waals surface area contributed by atoms with Gasteiger partial charge in [-0.05, 0) is 73.0 Å². The number of benzene rings is 2. The molecule has 1 fully saturated rings. The van der Waals surface area contributed by atoms with Crippen LogP contribution in [0.4, 0.5) is 0 Å². The zero-order chi connectivity index (χ0) is 20.1. The lowest BCUT2D eigenvalue weighted by atomic mass is 10.0. The van der Waals surface area contributed by atoms with Crippen molar-refractivity contribution >= 4 is 5.91 Å². The molecule has 1 amide bonds. The molecule has 2 atom stereocenters. The van der Waals surface area contributed by atoms with E-state index < -0.39 is 0 Å². The van der Waals surface area contributed by atoms with E-state index >= 15 is 0 Å². The van der Waals surface area contributed by atoms with Gasteiger partial charge in [0.2, 0.25) is 0 Å². The number of unbranched alkanes of at least 4 members (excludes halogenated alkanes) is 1. The van der Waals surface area contributed by atoms with Crippen molar-refractivity contribution < 1.29 is 9.53 Å². The maximum atomic E-state index is 12.7. The Morgan fingerprint density at radius 2 is 1.97 bits per heavy atom. The van der Waals surface area contributed by atoms with Crippen LogP contribution in [0.5, 0.6) is 0 Å². The van der Waals surface area contributed by atoms with Crippen molar-refractivity contribution in [3.8, 4) is 0 Å². The fourth-order valence-electron chi connectivity index (χ4n) is 4.38. The van der Waals surface area contributed by atoms with E-state index in [2.05, 4.69) is 35.8 Å². The SMILES string of the molecule is CCCCOCc1ccc(C(=O)NC2Cc3ccc(C4CCCN4)cc3C2)cc1. The molecule has 154 valence electrons. The Bertz CT molecular complexity index is 825. The molecule has 0 radical (unpaired) electrons. The predicted octanol–water partition coefficient (Wildman–Crippen LogP) is 4.33. The molecule has 2 aliphatic rings. The van der Waals surface area contributed by atoms with E-state index in [1.54, 1.807) is 0 Å². The Balaban J connectivity index is 1.30. The molecule has 4 nitrogen and oxygen atoms in total. The van der Waals surface area contributed by atoms with Gasteiger partial charge in [0.05, 0.1) is 6.61 Å². The molecule has 1 heterocycles. The van der Waals surface area contributed by atoms with E-state index in [4.69, 9.17) is 4.74 Å². The first-order chi connectivity index (χ1) is 14.2. The van der Waals surface area contributed by atoms with Crippen LogP contribution in [0.15, 0.2) is 42.5 Å². The Kier molecular flexibility index (Phi) is 6.63. The average molecular weight is 393 g/mol. The van der Waals surface area contributed by atoms with E-state index in [-0.39, 0.29) is 11.9 Å². The number of carbonyl (C=O) groups is 1. The molecular weight excluding hydrogens is 360 g/mol. The lowest BCUT2D eigenvalue weighted by molar-refractivity contribution is 0.0938. The summed E-state index contributed by atoms with van der Waals surface area (Å²) >= 11 is 0. The van der Waals surface area contributed by atoms with Crippen molar-refractivity contribution in [1.29, 1.82) is 0 Å². The molecule has 1 aliphatic heterocycles. The van der Waals surface area contributed by atoms with Crippen LogP contribution < -0.4 is 10.6 Å². The third-order valence-corrected chi connectivity index (χ3v) is 6.09. The number of hydrogen-bond donors (Lipinski definition) is 2. The average Bonchev–Trinajstić information content (AvgIpc) is 3.40. The number of fused-ring (bicyclic) bond motifs is 1. The normalized spacial score (nSPS) is 20.6. The van der Waals surface area contributed by atoms with Gasteiger partial charge < -0.3 is 15.4 Å². The molecule has 0 aromatic heterocycles. The molecular formula is C25H32N2O2. The minimum atomic E-state index is 0.0129. The second-order valence-corrected chi connectivity index (χ2v) is 8.36. The molecule has 0 bridgehead atoms. The van der Waals surface area contributed by atoms with Crippen LogP contribution in [0.1, 0.15) is 71.3 Å². The number of hydrogen-bond acceptors (Lipinski definition) is 3. The Morgan fingerprint density at radius 1 is 1.14 bits per heavy atom. The molecule has 0 spiro atoms. The number of carbonyl (C=O) groups excluding carboxylic acids is 1. The fraction of sp³-hybridized carbons (Fsp3) is 0.480. The summed E-state index contributed by atoms with van der Waals surface area (Å²) in [6.45, 7) is 4.67. The summed E-state index contributed by atoms with van der Waals surface area (Å²) in [5, 5.41) is 6.80. The fourth-order valence-corrected chi connectivity index (χ4v) is 4.38. The van der Waals surface area contributed by atoms with Crippen LogP contribution in [0.2, 0.25) is 0 Å². The first kappa shape index (κ1) is 20.1. The number of ether oxygens (including phenoxy) is 1. The van der Waals surface area contributed by atoms with Crippen LogP contribution >= 0.6 is 0 Å². The van der Waals surface area contributed by atoms with Gasteiger partial charge in [0.1, 0.15) is 0 Å². The number of nitrogens with one attached hydrogen (secondary N) is 2. The summed E-state index contributed by atoms with van der Waals surface area (Å²) in [4.78, 5) is 12.7. The molecule has 2 N–H and O–H groups in total. The Hall–Kier alpha value is -2.17. The molecule has 2 aromatic carbocycles. The molecule has 0 saturated carbocycles. The summed E-state index contributed by atoms with van der Waals surface area (Å²) in [6, 6.07) is 15.3. The van der Waals surface area contributed by atoms with E-state index in [0.717, 1.165) is 44.4 Å². The highest BCUT2D eigenvalue weighted by molar-refractivity contribution is 5.94. The van der Waals surface area contributed by atoms with Crippen molar-refractivity contribution in [2.75, 3.05) is 13.2 Å². The Morgan fingerprint density at radius 3 is 2.72 bits per heavy atom. The zero-order valence-corrected chi connectivity index (χ0v) is 17.4. The monoisotopic (exact) mass is 392 g/mol. The van der Waals surface area contributed by atoms with Gasteiger partial charge in [0.15, 0.2) is 0 Å². The van der Waals surface area contributed by atoms with Gasteiger partial charge in [-0.15, -0.1) is 0 Å². The minimum absolute atomic E-state index is 0.0129. The summed E-state index contributed by atoms with van der Waals surface area (Å²) in [6.07, 6.45) is 6.54. The van der Waals surface area contributed by atoms with E-state index in [1.807, 2.05) is 24.3 Å². The highest BCUT2D eigenvalue weighted by Crippen LogP contribution is 2.29. The smallest absolute Gasteiger partial charge is 0.251 e. The van der Waals surface area contributed by atoms with Gasteiger partial charge in [-0.25, -0.2) is 0 Å². The zero-order valence-electron chi connectivity index (χ0n) is 17.4. The molecule has 1 saturated heterocycles. The van der Waals surface area contributed by atoms with Crippen LogP contribution in [0, 0.1) is 0 Å². The van der Waals surface area contributed by atoms with E-state index in [1.165, 1.54) is 29.5 Å². The number of amides is 1. The Labute approximate surface area is 174 Å².